The van der Waals surface area contributed by atoms with Crippen LogP contribution in [0.3, 0.4) is 0 Å². The van der Waals surface area contributed by atoms with Crippen LogP contribution in [0.2, 0.25) is 0 Å². The topological polar surface area (TPSA) is 78.5 Å². The molecule has 2 aromatic carbocycles. The molecule has 0 radical (unpaired) electrons. The highest BCUT2D eigenvalue weighted by Crippen LogP contribution is 2.34. The minimum atomic E-state index is -0.150. The Bertz CT molecular complexity index is 1250. The fourth-order valence-electron chi connectivity index (χ4n) is 6.43. The molecule has 7 heteroatoms. The Kier molecular flexibility index (Phi) is 6.27. The lowest BCUT2D eigenvalue weighted by molar-refractivity contribution is -0.0933. The van der Waals surface area contributed by atoms with E-state index in [1.165, 1.54) is 11.1 Å². The first-order valence-electron chi connectivity index (χ1n) is 13.2. The number of rotatable bonds is 5. The molecule has 2 aliphatic heterocycles. The van der Waals surface area contributed by atoms with Crippen molar-refractivity contribution >= 4 is 28.4 Å². The molecule has 2 amide bonds. The van der Waals surface area contributed by atoms with E-state index >= 15 is 0 Å². The van der Waals surface area contributed by atoms with Crippen LogP contribution in [0, 0.1) is 0 Å². The van der Waals surface area contributed by atoms with Crippen molar-refractivity contribution < 1.29 is 9.53 Å². The molecule has 7 nitrogen and oxygen atoms in total. The molecule has 3 N–H and O–H groups in total. The van der Waals surface area contributed by atoms with Gasteiger partial charge in [0, 0.05) is 35.2 Å². The standard InChI is InChI=1S/C29H35N5O2/c1-18(2)34-23-14-22(15-24(34)17-36-16-23)31-29(35)30-21-9-11-26-20(13-21)8-12-28(32-26)33-27-10-7-19-5-3-4-6-25(19)27/h3-6,8-9,11-13,18,22-24,27H,7,10,14-17H2,1-2H3,(H,32,33)(H2,30,31,35)/t22?,23-,24+,27-/m1/s1. The van der Waals surface area contributed by atoms with Gasteiger partial charge < -0.3 is 20.7 Å². The molecule has 188 valence electrons. The first-order chi connectivity index (χ1) is 17.5. The van der Waals surface area contributed by atoms with Crippen LogP contribution in [0.5, 0.6) is 0 Å². The summed E-state index contributed by atoms with van der Waals surface area (Å²) in [5.74, 6) is 0.880. The van der Waals surface area contributed by atoms with Crippen molar-refractivity contribution in [3.63, 3.8) is 0 Å². The zero-order valence-electron chi connectivity index (χ0n) is 21.0. The number of benzene rings is 2. The van der Waals surface area contributed by atoms with Crippen LogP contribution < -0.4 is 16.0 Å². The van der Waals surface area contributed by atoms with Gasteiger partial charge in [-0.15, -0.1) is 0 Å². The van der Waals surface area contributed by atoms with Gasteiger partial charge in [0.1, 0.15) is 5.82 Å². The molecule has 2 saturated heterocycles. The maximum Gasteiger partial charge on any atom is 0.319 e. The van der Waals surface area contributed by atoms with Crippen molar-refractivity contribution in [3.8, 4) is 0 Å². The number of hydrogen-bond acceptors (Lipinski definition) is 5. The zero-order valence-corrected chi connectivity index (χ0v) is 21.0. The van der Waals surface area contributed by atoms with Crippen LogP contribution in [-0.4, -0.2) is 53.3 Å². The van der Waals surface area contributed by atoms with E-state index in [1.807, 2.05) is 24.3 Å². The summed E-state index contributed by atoms with van der Waals surface area (Å²) >= 11 is 0. The Morgan fingerprint density at radius 3 is 2.67 bits per heavy atom. The van der Waals surface area contributed by atoms with Gasteiger partial charge >= 0.3 is 6.03 Å². The molecule has 3 aromatic rings. The average molecular weight is 486 g/mol. The third-order valence-corrected chi connectivity index (χ3v) is 7.91. The van der Waals surface area contributed by atoms with Crippen LogP contribution in [0.1, 0.15) is 50.3 Å². The van der Waals surface area contributed by atoms with Crippen LogP contribution in [0.25, 0.3) is 10.9 Å². The second-order valence-corrected chi connectivity index (χ2v) is 10.7. The zero-order chi connectivity index (χ0) is 24.6. The summed E-state index contributed by atoms with van der Waals surface area (Å²) in [6.45, 7) is 5.98. The van der Waals surface area contributed by atoms with E-state index in [1.54, 1.807) is 0 Å². The summed E-state index contributed by atoms with van der Waals surface area (Å²) in [7, 11) is 0. The molecule has 6 rings (SSSR count). The summed E-state index contributed by atoms with van der Waals surface area (Å²) < 4.78 is 5.79. The molecule has 1 aromatic heterocycles. The number of hydrogen-bond donors (Lipinski definition) is 3. The van der Waals surface area contributed by atoms with Gasteiger partial charge in [-0.2, -0.15) is 0 Å². The number of nitrogens with zero attached hydrogens (tertiary/aromatic N) is 2. The molecule has 2 bridgehead atoms. The number of aryl methyl sites for hydroxylation is 1. The lowest BCUT2D eigenvalue weighted by Crippen LogP contribution is -2.62. The summed E-state index contributed by atoms with van der Waals surface area (Å²) in [6, 6.07) is 20.2. The van der Waals surface area contributed by atoms with Gasteiger partial charge in [-0.3, -0.25) is 4.90 Å². The third-order valence-electron chi connectivity index (χ3n) is 7.91. The highest BCUT2D eigenvalue weighted by atomic mass is 16.5. The van der Waals surface area contributed by atoms with Crippen molar-refractivity contribution in [2.75, 3.05) is 23.8 Å². The molecule has 3 aliphatic rings. The van der Waals surface area contributed by atoms with Crippen LogP contribution in [0.4, 0.5) is 16.3 Å². The van der Waals surface area contributed by atoms with Gasteiger partial charge in [0.15, 0.2) is 0 Å². The quantitative estimate of drug-likeness (QED) is 0.469. The Labute approximate surface area is 212 Å². The van der Waals surface area contributed by atoms with Gasteiger partial charge in [0.2, 0.25) is 0 Å². The molecule has 2 fully saturated rings. The summed E-state index contributed by atoms with van der Waals surface area (Å²) in [5.41, 5.74) is 4.48. The smallest absolute Gasteiger partial charge is 0.319 e. The van der Waals surface area contributed by atoms with Gasteiger partial charge in [-0.05, 0) is 81.0 Å². The number of ether oxygens (including phenoxy) is 1. The van der Waals surface area contributed by atoms with Crippen molar-refractivity contribution in [3.05, 3.63) is 65.7 Å². The molecule has 1 unspecified atom stereocenters. The van der Waals surface area contributed by atoms with E-state index in [0.717, 1.165) is 61.3 Å². The molecule has 3 heterocycles. The van der Waals surface area contributed by atoms with E-state index < -0.39 is 0 Å². The van der Waals surface area contributed by atoms with Crippen molar-refractivity contribution in [1.29, 1.82) is 0 Å². The fraction of sp³-hybridized carbons (Fsp3) is 0.448. The van der Waals surface area contributed by atoms with Gasteiger partial charge in [-0.1, -0.05) is 24.3 Å². The Balaban J connectivity index is 1.08. The van der Waals surface area contributed by atoms with E-state index in [-0.39, 0.29) is 12.1 Å². The Hall–Kier alpha value is -3.16. The van der Waals surface area contributed by atoms with Gasteiger partial charge in [0.25, 0.3) is 0 Å². The van der Waals surface area contributed by atoms with E-state index in [0.29, 0.717) is 24.2 Å². The number of morpholine rings is 1. The maximum atomic E-state index is 12.8. The van der Waals surface area contributed by atoms with Crippen molar-refractivity contribution in [2.45, 2.75) is 69.7 Å². The fourth-order valence-corrected chi connectivity index (χ4v) is 6.43. The minimum Gasteiger partial charge on any atom is -0.378 e. The first-order valence-corrected chi connectivity index (χ1v) is 13.2. The number of piperidine rings is 1. The number of anilines is 2. The molecule has 0 spiro atoms. The number of fused-ring (bicyclic) bond motifs is 4. The molecule has 36 heavy (non-hydrogen) atoms. The van der Waals surface area contributed by atoms with Gasteiger partial charge in [-0.25, -0.2) is 9.78 Å². The number of carbonyl (C=O) groups excluding carboxylic acids is 1. The minimum absolute atomic E-state index is 0.150. The monoisotopic (exact) mass is 485 g/mol. The van der Waals surface area contributed by atoms with Crippen LogP contribution in [0.15, 0.2) is 54.6 Å². The Morgan fingerprint density at radius 2 is 1.86 bits per heavy atom. The van der Waals surface area contributed by atoms with E-state index in [4.69, 9.17) is 9.72 Å². The molecular weight excluding hydrogens is 450 g/mol. The molecule has 4 atom stereocenters. The summed E-state index contributed by atoms with van der Waals surface area (Å²) in [5, 5.41) is 10.8. The predicted molar refractivity (Wildman–Crippen MR) is 143 cm³/mol. The average Bonchev–Trinajstić information content (AvgIpc) is 3.26. The largest absolute Gasteiger partial charge is 0.378 e. The lowest BCUT2D eigenvalue weighted by Gasteiger charge is -2.50. The normalized spacial score (nSPS) is 25.5. The number of amides is 2. The summed E-state index contributed by atoms with van der Waals surface area (Å²) in [4.78, 5) is 20.2. The SMILES string of the molecule is CC(C)N1[C@@H]2COC[C@H]1CC(NC(=O)Nc1ccc3nc(N[C@@H]4CCc5ccccc54)ccc3c1)C2. The Morgan fingerprint density at radius 1 is 1.06 bits per heavy atom. The molecular formula is C29H35N5O2. The van der Waals surface area contributed by atoms with E-state index in [9.17, 15) is 4.79 Å². The van der Waals surface area contributed by atoms with Crippen LogP contribution >= 0.6 is 0 Å². The number of aromatic nitrogens is 1. The van der Waals surface area contributed by atoms with Crippen molar-refractivity contribution in [2.24, 2.45) is 0 Å². The number of nitrogens with one attached hydrogen (secondary N) is 3. The maximum absolute atomic E-state index is 12.8. The van der Waals surface area contributed by atoms with E-state index in [2.05, 4.69) is 65.0 Å². The predicted octanol–water partition coefficient (Wildman–Crippen LogP) is 5.10. The molecule has 1 aliphatic carbocycles. The van der Waals surface area contributed by atoms with Crippen LogP contribution in [-0.2, 0) is 11.2 Å². The second kappa shape index (κ2) is 9.71. The number of pyridine rings is 1. The highest BCUT2D eigenvalue weighted by molar-refractivity contribution is 5.93. The van der Waals surface area contributed by atoms with Crippen molar-refractivity contribution in [1.82, 2.24) is 15.2 Å². The third kappa shape index (κ3) is 4.65. The number of urea groups is 1. The lowest BCUT2D eigenvalue weighted by atomic mass is 9.89. The first kappa shape index (κ1) is 23.3. The summed E-state index contributed by atoms with van der Waals surface area (Å²) in [6.07, 6.45) is 4.03. The highest BCUT2D eigenvalue weighted by Gasteiger charge is 2.40. The molecule has 0 saturated carbocycles. The second-order valence-electron chi connectivity index (χ2n) is 10.7. The van der Waals surface area contributed by atoms with Gasteiger partial charge in [0.05, 0.1) is 24.8 Å². The number of carbonyl (C=O) groups is 1.